The zero-order valence-electron chi connectivity index (χ0n) is 12.6. The Labute approximate surface area is 124 Å². The van der Waals surface area contributed by atoms with Crippen molar-refractivity contribution in [1.29, 1.82) is 0 Å². The molecule has 5 nitrogen and oxygen atoms in total. The standard InChI is InChI=1S/C15H23FN2O3/c1-3-18(14-6-4-13(16)5-7-14)15(20)12-17(8-10-19)9-11-21-2/h4-7,19H,3,8-12H2,1-2H3. The van der Waals surface area contributed by atoms with Crippen LogP contribution in [0, 0.1) is 5.82 Å². The van der Waals surface area contributed by atoms with Gasteiger partial charge in [-0.2, -0.15) is 0 Å². The molecule has 0 bridgehead atoms. The fourth-order valence-corrected chi connectivity index (χ4v) is 2.03. The highest BCUT2D eigenvalue weighted by atomic mass is 19.1. The number of hydrogen-bond acceptors (Lipinski definition) is 4. The Morgan fingerprint density at radius 2 is 1.95 bits per heavy atom. The zero-order valence-corrected chi connectivity index (χ0v) is 12.6. The molecule has 0 aliphatic carbocycles. The maximum absolute atomic E-state index is 13.0. The molecule has 6 heteroatoms. The lowest BCUT2D eigenvalue weighted by atomic mass is 10.2. The van der Waals surface area contributed by atoms with Crippen molar-refractivity contribution in [3.8, 4) is 0 Å². The van der Waals surface area contributed by atoms with E-state index >= 15 is 0 Å². The van der Waals surface area contributed by atoms with Crippen LogP contribution in [0.25, 0.3) is 0 Å². The Kier molecular flexibility index (Phi) is 7.89. The van der Waals surface area contributed by atoms with Gasteiger partial charge in [-0.05, 0) is 31.2 Å². The molecule has 0 spiro atoms. The maximum atomic E-state index is 13.0. The molecule has 0 aliphatic rings. The first-order valence-corrected chi connectivity index (χ1v) is 7.00. The minimum Gasteiger partial charge on any atom is -0.395 e. The quantitative estimate of drug-likeness (QED) is 0.742. The number of ether oxygens (including phenoxy) is 1. The van der Waals surface area contributed by atoms with Gasteiger partial charge >= 0.3 is 0 Å². The van der Waals surface area contributed by atoms with Crippen LogP contribution in [0.5, 0.6) is 0 Å². The van der Waals surface area contributed by atoms with E-state index < -0.39 is 0 Å². The van der Waals surface area contributed by atoms with Gasteiger partial charge in [-0.15, -0.1) is 0 Å². The molecular weight excluding hydrogens is 275 g/mol. The first-order valence-electron chi connectivity index (χ1n) is 7.00. The van der Waals surface area contributed by atoms with Crippen LogP contribution in [0.15, 0.2) is 24.3 Å². The van der Waals surface area contributed by atoms with Crippen LogP contribution in [0.2, 0.25) is 0 Å². The van der Waals surface area contributed by atoms with Crippen molar-refractivity contribution in [2.24, 2.45) is 0 Å². The number of carbonyl (C=O) groups excluding carboxylic acids is 1. The van der Waals surface area contributed by atoms with Gasteiger partial charge in [0.1, 0.15) is 5.82 Å². The number of benzene rings is 1. The first kappa shape index (κ1) is 17.6. The molecule has 1 aromatic carbocycles. The molecule has 1 amide bonds. The molecule has 0 heterocycles. The number of likely N-dealkylation sites (N-methyl/N-ethyl adjacent to an activating group) is 1. The second-order valence-electron chi connectivity index (χ2n) is 4.61. The van der Waals surface area contributed by atoms with Crippen LogP contribution in [0.4, 0.5) is 10.1 Å². The second kappa shape index (κ2) is 9.44. The van der Waals surface area contributed by atoms with E-state index in [0.717, 1.165) is 0 Å². The SMILES string of the molecule is CCN(C(=O)CN(CCO)CCOC)c1ccc(F)cc1. The van der Waals surface area contributed by atoms with Crippen LogP contribution >= 0.6 is 0 Å². The van der Waals surface area contributed by atoms with Crippen LogP contribution < -0.4 is 4.90 Å². The van der Waals surface area contributed by atoms with Crippen molar-refractivity contribution in [2.75, 3.05) is 51.4 Å². The Morgan fingerprint density at radius 1 is 1.29 bits per heavy atom. The number of nitrogens with zero attached hydrogens (tertiary/aromatic N) is 2. The van der Waals surface area contributed by atoms with Crippen LogP contribution in [-0.4, -0.2) is 62.4 Å². The predicted molar refractivity (Wildman–Crippen MR) is 79.8 cm³/mol. The second-order valence-corrected chi connectivity index (χ2v) is 4.61. The topological polar surface area (TPSA) is 53.0 Å². The highest BCUT2D eigenvalue weighted by Gasteiger charge is 2.17. The van der Waals surface area contributed by atoms with E-state index in [1.807, 2.05) is 11.8 Å². The van der Waals surface area contributed by atoms with E-state index in [1.165, 1.54) is 12.1 Å². The predicted octanol–water partition coefficient (Wildman–Crippen LogP) is 1.12. The lowest BCUT2D eigenvalue weighted by Crippen LogP contribution is -2.42. The summed E-state index contributed by atoms with van der Waals surface area (Å²) in [6, 6.07) is 5.84. The summed E-state index contributed by atoms with van der Waals surface area (Å²) in [5.41, 5.74) is 0.666. The van der Waals surface area contributed by atoms with E-state index in [9.17, 15) is 9.18 Å². The van der Waals surface area contributed by atoms with Crippen LogP contribution in [0.1, 0.15) is 6.92 Å². The van der Waals surface area contributed by atoms with Gasteiger partial charge < -0.3 is 14.7 Å². The van der Waals surface area contributed by atoms with Crippen molar-refractivity contribution in [2.45, 2.75) is 6.92 Å². The molecule has 118 valence electrons. The molecule has 0 unspecified atom stereocenters. The summed E-state index contributed by atoms with van der Waals surface area (Å²) < 4.78 is 17.9. The largest absolute Gasteiger partial charge is 0.395 e. The molecule has 0 atom stereocenters. The van der Waals surface area contributed by atoms with Crippen molar-refractivity contribution >= 4 is 11.6 Å². The van der Waals surface area contributed by atoms with E-state index in [2.05, 4.69) is 0 Å². The summed E-state index contributed by atoms with van der Waals surface area (Å²) in [4.78, 5) is 15.8. The number of carbonyl (C=O) groups is 1. The lowest BCUT2D eigenvalue weighted by Gasteiger charge is -2.26. The monoisotopic (exact) mass is 298 g/mol. The Balaban J connectivity index is 2.70. The summed E-state index contributed by atoms with van der Waals surface area (Å²) in [5, 5.41) is 9.04. The highest BCUT2D eigenvalue weighted by Crippen LogP contribution is 2.15. The third-order valence-corrected chi connectivity index (χ3v) is 3.14. The van der Waals surface area contributed by atoms with Gasteiger partial charge in [0, 0.05) is 32.4 Å². The maximum Gasteiger partial charge on any atom is 0.241 e. The van der Waals surface area contributed by atoms with Crippen molar-refractivity contribution < 1.29 is 19.0 Å². The molecule has 0 radical (unpaired) electrons. The highest BCUT2D eigenvalue weighted by molar-refractivity contribution is 5.94. The van der Waals surface area contributed by atoms with Gasteiger partial charge in [0.15, 0.2) is 0 Å². The number of amides is 1. The molecule has 0 saturated carbocycles. The summed E-state index contributed by atoms with van der Waals surface area (Å²) >= 11 is 0. The van der Waals surface area contributed by atoms with Gasteiger partial charge in [-0.25, -0.2) is 4.39 Å². The molecule has 0 fully saturated rings. The molecule has 1 rings (SSSR count). The summed E-state index contributed by atoms with van der Waals surface area (Å²) in [7, 11) is 1.59. The molecule has 1 aromatic rings. The summed E-state index contributed by atoms with van der Waals surface area (Å²) in [5.74, 6) is -0.419. The third kappa shape index (κ3) is 5.79. The Hall–Kier alpha value is -1.50. The van der Waals surface area contributed by atoms with Crippen molar-refractivity contribution in [3.05, 3.63) is 30.1 Å². The Morgan fingerprint density at radius 3 is 2.48 bits per heavy atom. The average Bonchev–Trinajstić information content (AvgIpc) is 2.47. The smallest absolute Gasteiger partial charge is 0.241 e. The molecular formula is C15H23FN2O3. The number of rotatable bonds is 9. The summed E-state index contributed by atoms with van der Waals surface area (Å²) in [6.07, 6.45) is 0. The number of aliphatic hydroxyl groups is 1. The molecule has 1 N–H and O–H groups in total. The van der Waals surface area contributed by atoms with Gasteiger partial charge in [0.25, 0.3) is 0 Å². The zero-order chi connectivity index (χ0) is 15.7. The number of aliphatic hydroxyl groups excluding tert-OH is 1. The van der Waals surface area contributed by atoms with Crippen molar-refractivity contribution in [1.82, 2.24) is 4.90 Å². The fourth-order valence-electron chi connectivity index (χ4n) is 2.03. The van der Waals surface area contributed by atoms with E-state index in [4.69, 9.17) is 9.84 Å². The minimum absolute atomic E-state index is 0.0142. The van der Waals surface area contributed by atoms with Crippen molar-refractivity contribution in [3.63, 3.8) is 0 Å². The van der Waals surface area contributed by atoms with Crippen LogP contribution in [0.3, 0.4) is 0 Å². The van der Waals surface area contributed by atoms with Gasteiger partial charge in [0.05, 0.1) is 19.8 Å². The lowest BCUT2D eigenvalue weighted by molar-refractivity contribution is -0.119. The molecule has 0 saturated heterocycles. The van der Waals surface area contributed by atoms with Gasteiger partial charge in [-0.1, -0.05) is 0 Å². The number of hydrogen-bond donors (Lipinski definition) is 1. The van der Waals surface area contributed by atoms with E-state index in [1.54, 1.807) is 24.1 Å². The average molecular weight is 298 g/mol. The van der Waals surface area contributed by atoms with E-state index in [-0.39, 0.29) is 24.9 Å². The van der Waals surface area contributed by atoms with E-state index in [0.29, 0.717) is 31.9 Å². The molecule has 21 heavy (non-hydrogen) atoms. The summed E-state index contributed by atoms with van der Waals surface area (Å²) in [6.45, 7) is 4.03. The molecule has 0 aliphatic heterocycles. The first-order chi connectivity index (χ1) is 10.1. The Bertz CT molecular complexity index is 425. The fraction of sp³-hybridized carbons (Fsp3) is 0.533. The van der Waals surface area contributed by atoms with Crippen LogP contribution in [-0.2, 0) is 9.53 Å². The number of anilines is 1. The third-order valence-electron chi connectivity index (χ3n) is 3.14. The number of halogens is 1. The molecule has 0 aromatic heterocycles. The van der Waals surface area contributed by atoms with Gasteiger partial charge in [-0.3, -0.25) is 9.69 Å². The number of methoxy groups -OCH3 is 1. The normalized spacial score (nSPS) is 10.9. The minimum atomic E-state index is -0.329. The van der Waals surface area contributed by atoms with Gasteiger partial charge in [0.2, 0.25) is 5.91 Å².